The van der Waals surface area contributed by atoms with Crippen LogP contribution in [-0.2, 0) is 4.79 Å². The quantitative estimate of drug-likeness (QED) is 0.870. The standard InChI is InChI=1S/C17H20N2O3/c1-21-14-8-7-11(10-15(14)22-2)9-13-17(20)19-16(18-13)12-5-3-4-6-12/h7-10,12H,3-6H2,1-2H3,(H,18,19,20)/b13-9+. The van der Waals surface area contributed by atoms with Gasteiger partial charge in [-0.3, -0.25) is 4.79 Å². The smallest absolute Gasteiger partial charge is 0.275 e. The average molecular weight is 300 g/mol. The third kappa shape index (κ3) is 2.84. The number of rotatable bonds is 4. The fourth-order valence-electron chi connectivity index (χ4n) is 2.98. The van der Waals surface area contributed by atoms with Crippen molar-refractivity contribution >= 4 is 17.8 Å². The number of amides is 1. The van der Waals surface area contributed by atoms with E-state index in [1.54, 1.807) is 20.3 Å². The Morgan fingerprint density at radius 1 is 1.18 bits per heavy atom. The van der Waals surface area contributed by atoms with Gasteiger partial charge in [-0.05, 0) is 36.6 Å². The first-order valence-corrected chi connectivity index (χ1v) is 7.55. The zero-order valence-corrected chi connectivity index (χ0v) is 12.9. The first-order chi connectivity index (χ1) is 10.7. The first kappa shape index (κ1) is 14.6. The molecule has 0 radical (unpaired) electrons. The summed E-state index contributed by atoms with van der Waals surface area (Å²) < 4.78 is 10.5. The summed E-state index contributed by atoms with van der Waals surface area (Å²) in [6.07, 6.45) is 6.44. The van der Waals surface area contributed by atoms with E-state index in [1.807, 2.05) is 18.2 Å². The van der Waals surface area contributed by atoms with E-state index in [0.717, 1.165) is 24.2 Å². The van der Waals surface area contributed by atoms with E-state index >= 15 is 0 Å². The molecule has 1 saturated carbocycles. The number of nitrogens with zero attached hydrogens (tertiary/aromatic N) is 1. The lowest BCUT2D eigenvalue weighted by molar-refractivity contribution is -0.115. The summed E-state index contributed by atoms with van der Waals surface area (Å²) in [6, 6.07) is 5.53. The number of methoxy groups -OCH3 is 2. The minimum absolute atomic E-state index is 0.128. The lowest BCUT2D eigenvalue weighted by atomic mass is 10.1. The Kier molecular flexibility index (Phi) is 4.13. The Morgan fingerprint density at radius 2 is 1.91 bits per heavy atom. The number of benzene rings is 1. The third-order valence-corrected chi connectivity index (χ3v) is 4.17. The highest BCUT2D eigenvalue weighted by atomic mass is 16.5. The fourth-order valence-corrected chi connectivity index (χ4v) is 2.98. The van der Waals surface area contributed by atoms with Gasteiger partial charge in [0.05, 0.1) is 14.2 Å². The lowest BCUT2D eigenvalue weighted by Crippen LogP contribution is -2.29. The summed E-state index contributed by atoms with van der Waals surface area (Å²) in [7, 11) is 3.19. The van der Waals surface area contributed by atoms with Gasteiger partial charge in [-0.1, -0.05) is 18.9 Å². The average Bonchev–Trinajstić information content (AvgIpc) is 3.17. The highest BCUT2D eigenvalue weighted by Crippen LogP contribution is 2.30. The summed E-state index contributed by atoms with van der Waals surface area (Å²) in [5.74, 6) is 2.40. The van der Waals surface area contributed by atoms with Crippen LogP contribution in [0.25, 0.3) is 6.08 Å². The normalized spacial score (nSPS) is 20.2. The first-order valence-electron chi connectivity index (χ1n) is 7.55. The molecule has 1 amide bonds. The molecule has 1 fully saturated rings. The zero-order chi connectivity index (χ0) is 15.5. The molecule has 1 aromatic carbocycles. The number of carbonyl (C=O) groups excluding carboxylic acids is 1. The maximum absolute atomic E-state index is 12.1. The Bertz CT molecular complexity index is 643. The molecule has 1 heterocycles. The summed E-state index contributed by atoms with van der Waals surface area (Å²) in [5.41, 5.74) is 1.31. The highest BCUT2D eigenvalue weighted by molar-refractivity contribution is 6.15. The van der Waals surface area contributed by atoms with Gasteiger partial charge in [0, 0.05) is 5.92 Å². The van der Waals surface area contributed by atoms with Crippen molar-refractivity contribution in [1.29, 1.82) is 0 Å². The number of carbonyl (C=O) groups is 1. The van der Waals surface area contributed by atoms with Gasteiger partial charge in [0.2, 0.25) is 0 Å². The van der Waals surface area contributed by atoms with Crippen LogP contribution in [0.15, 0.2) is 28.9 Å². The molecular weight excluding hydrogens is 280 g/mol. The number of hydrogen-bond donors (Lipinski definition) is 1. The molecule has 1 aliphatic carbocycles. The van der Waals surface area contributed by atoms with Crippen LogP contribution in [0.2, 0.25) is 0 Å². The topological polar surface area (TPSA) is 59.9 Å². The number of amidine groups is 1. The third-order valence-electron chi connectivity index (χ3n) is 4.17. The molecule has 0 saturated heterocycles. The van der Waals surface area contributed by atoms with Crippen LogP contribution in [-0.4, -0.2) is 26.0 Å². The van der Waals surface area contributed by atoms with E-state index < -0.39 is 0 Å². The molecule has 1 aliphatic heterocycles. The second kappa shape index (κ2) is 6.22. The van der Waals surface area contributed by atoms with E-state index in [4.69, 9.17) is 9.47 Å². The summed E-state index contributed by atoms with van der Waals surface area (Å²) in [6.45, 7) is 0. The molecule has 1 N–H and O–H groups in total. The fraction of sp³-hybridized carbons (Fsp3) is 0.412. The molecule has 5 heteroatoms. The van der Waals surface area contributed by atoms with Crippen molar-refractivity contribution in [2.75, 3.05) is 14.2 Å². The Hall–Kier alpha value is -2.30. The highest BCUT2D eigenvalue weighted by Gasteiger charge is 2.28. The number of ether oxygens (including phenoxy) is 2. The van der Waals surface area contributed by atoms with E-state index in [2.05, 4.69) is 10.3 Å². The molecule has 0 spiro atoms. The minimum Gasteiger partial charge on any atom is -0.493 e. The second-order valence-corrected chi connectivity index (χ2v) is 5.58. The second-order valence-electron chi connectivity index (χ2n) is 5.58. The van der Waals surface area contributed by atoms with Crippen molar-refractivity contribution < 1.29 is 14.3 Å². The van der Waals surface area contributed by atoms with Crippen LogP contribution in [0, 0.1) is 5.92 Å². The molecule has 116 valence electrons. The Labute approximate surface area is 130 Å². The maximum atomic E-state index is 12.1. The molecule has 5 nitrogen and oxygen atoms in total. The number of hydrogen-bond acceptors (Lipinski definition) is 4. The van der Waals surface area contributed by atoms with Gasteiger partial charge in [-0.25, -0.2) is 4.99 Å². The minimum atomic E-state index is -0.128. The molecule has 1 aromatic rings. The molecule has 0 unspecified atom stereocenters. The zero-order valence-electron chi connectivity index (χ0n) is 12.9. The molecule has 22 heavy (non-hydrogen) atoms. The molecule has 3 rings (SSSR count). The van der Waals surface area contributed by atoms with E-state index in [0.29, 0.717) is 23.1 Å². The van der Waals surface area contributed by atoms with Crippen molar-refractivity contribution in [3.63, 3.8) is 0 Å². The van der Waals surface area contributed by atoms with E-state index in [1.165, 1.54) is 12.8 Å². The van der Waals surface area contributed by atoms with Crippen LogP contribution in [0.3, 0.4) is 0 Å². The van der Waals surface area contributed by atoms with Gasteiger partial charge >= 0.3 is 0 Å². The van der Waals surface area contributed by atoms with Gasteiger partial charge in [-0.2, -0.15) is 0 Å². The predicted octanol–water partition coefficient (Wildman–Crippen LogP) is 2.76. The predicted molar refractivity (Wildman–Crippen MR) is 85.1 cm³/mol. The van der Waals surface area contributed by atoms with Crippen LogP contribution in [0.1, 0.15) is 31.2 Å². The number of nitrogens with one attached hydrogen (secondary N) is 1. The molecule has 2 aliphatic rings. The van der Waals surface area contributed by atoms with Crippen LogP contribution in [0.4, 0.5) is 0 Å². The van der Waals surface area contributed by atoms with Gasteiger partial charge in [-0.15, -0.1) is 0 Å². The summed E-state index contributed by atoms with van der Waals surface area (Å²) >= 11 is 0. The van der Waals surface area contributed by atoms with Gasteiger partial charge in [0.1, 0.15) is 11.5 Å². The Balaban J connectivity index is 1.86. The molecular formula is C17H20N2O3. The van der Waals surface area contributed by atoms with Crippen molar-refractivity contribution in [1.82, 2.24) is 5.32 Å². The van der Waals surface area contributed by atoms with Crippen molar-refractivity contribution in [3.8, 4) is 11.5 Å². The van der Waals surface area contributed by atoms with Crippen molar-refractivity contribution in [2.45, 2.75) is 25.7 Å². The molecule has 0 atom stereocenters. The van der Waals surface area contributed by atoms with Crippen LogP contribution < -0.4 is 14.8 Å². The van der Waals surface area contributed by atoms with Gasteiger partial charge in [0.25, 0.3) is 5.91 Å². The Morgan fingerprint density at radius 3 is 2.59 bits per heavy atom. The number of aliphatic imine (C=N–C) groups is 1. The SMILES string of the molecule is COc1ccc(/C=C2/N=C(C3CCCC3)NC2=O)cc1OC. The van der Waals surface area contributed by atoms with Gasteiger partial charge < -0.3 is 14.8 Å². The summed E-state index contributed by atoms with van der Waals surface area (Å²) in [4.78, 5) is 16.6. The largest absolute Gasteiger partial charge is 0.493 e. The van der Waals surface area contributed by atoms with E-state index in [-0.39, 0.29) is 5.91 Å². The van der Waals surface area contributed by atoms with Crippen LogP contribution in [0.5, 0.6) is 11.5 Å². The monoisotopic (exact) mass is 300 g/mol. The van der Waals surface area contributed by atoms with Gasteiger partial charge in [0.15, 0.2) is 11.5 Å². The molecule has 0 bridgehead atoms. The van der Waals surface area contributed by atoms with Crippen molar-refractivity contribution in [3.05, 3.63) is 29.5 Å². The molecule has 0 aromatic heterocycles. The van der Waals surface area contributed by atoms with Crippen LogP contribution >= 0.6 is 0 Å². The maximum Gasteiger partial charge on any atom is 0.275 e. The van der Waals surface area contributed by atoms with E-state index in [9.17, 15) is 4.79 Å². The summed E-state index contributed by atoms with van der Waals surface area (Å²) in [5, 5.41) is 2.90. The lowest BCUT2D eigenvalue weighted by Gasteiger charge is -2.07. The van der Waals surface area contributed by atoms with Crippen molar-refractivity contribution in [2.24, 2.45) is 10.9 Å².